The number of anilines is 2. The maximum Gasteiger partial charge on any atom is 0.339 e. The van der Waals surface area contributed by atoms with Gasteiger partial charge in [-0.15, -0.1) is 0 Å². The Labute approximate surface area is 182 Å². The van der Waals surface area contributed by atoms with Gasteiger partial charge in [0, 0.05) is 29.0 Å². The molecule has 1 aliphatic heterocycles. The average molecular weight is 466 g/mol. The van der Waals surface area contributed by atoms with Crippen LogP contribution in [0.25, 0.3) is 0 Å². The minimum atomic E-state index is -1.07. The van der Waals surface area contributed by atoms with E-state index in [0.717, 1.165) is 17.4 Å². The van der Waals surface area contributed by atoms with Crippen molar-refractivity contribution < 1.29 is 14.7 Å². The first-order valence-corrected chi connectivity index (χ1v) is 10.4. The lowest BCUT2D eigenvalue weighted by atomic mass is 9.99. The summed E-state index contributed by atoms with van der Waals surface area (Å²) < 4.78 is 0.873. The summed E-state index contributed by atoms with van der Waals surface area (Å²) in [6.07, 6.45) is 2.45. The first-order chi connectivity index (χ1) is 14.5. The molecule has 1 aliphatic rings. The number of aromatic carboxylic acids is 1. The topological polar surface area (TPSA) is 82.5 Å². The molecular formula is C23H20BrN3O3. The number of hydrogen-bond donors (Lipinski definition) is 2. The summed E-state index contributed by atoms with van der Waals surface area (Å²) in [5.74, 6) is -0.617. The number of carbonyl (C=O) groups excluding carboxylic acids is 1. The molecule has 4 rings (SSSR count). The number of hydrogen-bond acceptors (Lipinski definition) is 4. The van der Waals surface area contributed by atoms with Crippen LogP contribution in [0.3, 0.4) is 0 Å². The highest BCUT2D eigenvalue weighted by molar-refractivity contribution is 9.10. The molecule has 2 aromatic carbocycles. The zero-order chi connectivity index (χ0) is 21.1. The Bertz CT molecular complexity index is 1070. The molecule has 0 bridgehead atoms. The Hall–Kier alpha value is -3.19. The van der Waals surface area contributed by atoms with Gasteiger partial charge in [0.2, 0.25) is 0 Å². The van der Waals surface area contributed by atoms with Crippen LogP contribution in [-0.2, 0) is 0 Å². The predicted octanol–water partition coefficient (Wildman–Crippen LogP) is 4.79. The number of carboxylic acids is 1. The quantitative estimate of drug-likeness (QED) is 0.565. The van der Waals surface area contributed by atoms with Gasteiger partial charge >= 0.3 is 5.97 Å². The molecule has 1 amide bonds. The zero-order valence-corrected chi connectivity index (χ0v) is 17.7. The Balaban J connectivity index is 1.53. The van der Waals surface area contributed by atoms with Crippen molar-refractivity contribution in [2.45, 2.75) is 12.3 Å². The lowest BCUT2D eigenvalue weighted by Gasteiger charge is -2.20. The molecule has 30 heavy (non-hydrogen) atoms. The monoisotopic (exact) mass is 465 g/mol. The second kappa shape index (κ2) is 8.67. The SMILES string of the molecule is O=C(Nc1cnc(N2CCC(c3ccccc3)C2)c(C(=O)O)c1)c1ccc(Br)cc1. The van der Waals surface area contributed by atoms with Crippen molar-refractivity contribution in [2.24, 2.45) is 0 Å². The van der Waals surface area contributed by atoms with E-state index in [1.165, 1.54) is 17.8 Å². The first-order valence-electron chi connectivity index (χ1n) is 9.61. The fourth-order valence-electron chi connectivity index (χ4n) is 3.69. The Morgan fingerprint density at radius 3 is 2.53 bits per heavy atom. The summed E-state index contributed by atoms with van der Waals surface area (Å²) in [7, 11) is 0. The van der Waals surface area contributed by atoms with E-state index in [-0.39, 0.29) is 11.5 Å². The summed E-state index contributed by atoms with van der Waals surface area (Å²) in [6, 6.07) is 18.6. The second-order valence-electron chi connectivity index (χ2n) is 7.20. The van der Waals surface area contributed by atoms with Crippen LogP contribution in [0.1, 0.15) is 38.6 Å². The molecule has 6 nitrogen and oxygen atoms in total. The molecule has 152 valence electrons. The number of amides is 1. The largest absolute Gasteiger partial charge is 0.478 e. The van der Waals surface area contributed by atoms with Gasteiger partial charge in [-0.3, -0.25) is 4.79 Å². The summed E-state index contributed by atoms with van der Waals surface area (Å²) in [4.78, 5) is 30.7. The van der Waals surface area contributed by atoms with E-state index in [1.54, 1.807) is 24.3 Å². The number of pyridine rings is 1. The van der Waals surface area contributed by atoms with E-state index in [4.69, 9.17) is 0 Å². The molecule has 1 unspecified atom stereocenters. The van der Waals surface area contributed by atoms with Crippen molar-refractivity contribution >= 4 is 39.3 Å². The van der Waals surface area contributed by atoms with Gasteiger partial charge in [0.05, 0.1) is 11.9 Å². The number of rotatable bonds is 5. The molecule has 3 aromatic rings. The number of carbonyl (C=O) groups is 2. The van der Waals surface area contributed by atoms with Crippen LogP contribution < -0.4 is 10.2 Å². The molecule has 1 fully saturated rings. The van der Waals surface area contributed by atoms with Gasteiger partial charge in [-0.2, -0.15) is 0 Å². The Morgan fingerprint density at radius 1 is 1.10 bits per heavy atom. The van der Waals surface area contributed by atoms with Crippen molar-refractivity contribution in [3.63, 3.8) is 0 Å². The summed E-state index contributed by atoms with van der Waals surface area (Å²) in [6.45, 7) is 1.44. The number of benzene rings is 2. The predicted molar refractivity (Wildman–Crippen MR) is 119 cm³/mol. The fourth-order valence-corrected chi connectivity index (χ4v) is 3.95. The zero-order valence-electron chi connectivity index (χ0n) is 16.1. The molecule has 7 heteroatoms. The van der Waals surface area contributed by atoms with Crippen molar-refractivity contribution in [1.29, 1.82) is 0 Å². The van der Waals surface area contributed by atoms with E-state index < -0.39 is 5.97 Å². The number of halogens is 1. The molecule has 2 heterocycles. The summed E-state index contributed by atoms with van der Waals surface area (Å²) >= 11 is 3.33. The fraction of sp³-hybridized carbons (Fsp3) is 0.174. The van der Waals surface area contributed by atoms with Gasteiger partial charge in [0.1, 0.15) is 11.4 Å². The Morgan fingerprint density at radius 2 is 1.83 bits per heavy atom. The highest BCUT2D eigenvalue weighted by Gasteiger charge is 2.28. The Kier molecular flexibility index (Phi) is 5.81. The average Bonchev–Trinajstić information content (AvgIpc) is 3.25. The van der Waals surface area contributed by atoms with E-state index in [2.05, 4.69) is 38.4 Å². The van der Waals surface area contributed by atoms with Crippen LogP contribution in [0, 0.1) is 0 Å². The lowest BCUT2D eigenvalue weighted by molar-refractivity contribution is 0.0697. The molecule has 0 aliphatic carbocycles. The molecule has 0 saturated carbocycles. The number of aromatic nitrogens is 1. The number of nitrogens with zero attached hydrogens (tertiary/aromatic N) is 2. The molecule has 0 radical (unpaired) electrons. The van der Waals surface area contributed by atoms with Crippen LogP contribution in [-0.4, -0.2) is 35.1 Å². The van der Waals surface area contributed by atoms with Crippen molar-refractivity contribution in [2.75, 3.05) is 23.3 Å². The molecular weight excluding hydrogens is 446 g/mol. The third-order valence-corrected chi connectivity index (χ3v) is 5.75. The van der Waals surface area contributed by atoms with Gasteiger partial charge in [0.15, 0.2) is 0 Å². The number of nitrogens with one attached hydrogen (secondary N) is 1. The smallest absolute Gasteiger partial charge is 0.339 e. The van der Waals surface area contributed by atoms with Crippen LogP contribution in [0.5, 0.6) is 0 Å². The van der Waals surface area contributed by atoms with Gasteiger partial charge in [0.25, 0.3) is 5.91 Å². The van der Waals surface area contributed by atoms with E-state index >= 15 is 0 Å². The van der Waals surface area contributed by atoms with E-state index in [9.17, 15) is 14.7 Å². The summed E-state index contributed by atoms with van der Waals surface area (Å²) in [5.41, 5.74) is 2.15. The third-order valence-electron chi connectivity index (χ3n) is 5.22. The van der Waals surface area contributed by atoms with E-state index in [1.807, 2.05) is 23.1 Å². The molecule has 0 spiro atoms. The van der Waals surface area contributed by atoms with Crippen LogP contribution in [0.4, 0.5) is 11.5 Å². The minimum absolute atomic E-state index is 0.0808. The molecule has 1 saturated heterocycles. The van der Waals surface area contributed by atoms with Gasteiger partial charge < -0.3 is 15.3 Å². The highest BCUT2D eigenvalue weighted by Crippen LogP contribution is 2.32. The van der Waals surface area contributed by atoms with E-state index in [0.29, 0.717) is 29.5 Å². The standard InChI is InChI=1S/C23H20BrN3O3/c24-18-8-6-16(7-9-18)22(28)26-19-12-20(23(29)30)21(25-13-19)27-11-10-17(14-27)15-4-2-1-3-5-15/h1-9,12-13,17H,10-11,14H2,(H,26,28)(H,29,30). The molecule has 1 aromatic heterocycles. The first kappa shape index (κ1) is 20.1. The lowest BCUT2D eigenvalue weighted by Crippen LogP contribution is -2.23. The third kappa shape index (κ3) is 4.36. The van der Waals surface area contributed by atoms with Gasteiger partial charge in [-0.25, -0.2) is 9.78 Å². The normalized spacial score (nSPS) is 15.8. The number of carboxylic acid groups (broad SMARTS) is 1. The van der Waals surface area contributed by atoms with Gasteiger partial charge in [-0.05, 0) is 42.3 Å². The molecule has 2 N–H and O–H groups in total. The van der Waals surface area contributed by atoms with Crippen molar-refractivity contribution in [1.82, 2.24) is 4.98 Å². The summed E-state index contributed by atoms with van der Waals surface area (Å²) in [5, 5.41) is 12.5. The molecule has 1 atom stereocenters. The maximum absolute atomic E-state index is 12.4. The second-order valence-corrected chi connectivity index (χ2v) is 8.12. The maximum atomic E-state index is 12.4. The highest BCUT2D eigenvalue weighted by atomic mass is 79.9. The van der Waals surface area contributed by atoms with Gasteiger partial charge in [-0.1, -0.05) is 46.3 Å². The minimum Gasteiger partial charge on any atom is -0.478 e. The van der Waals surface area contributed by atoms with Crippen LogP contribution in [0.2, 0.25) is 0 Å². The van der Waals surface area contributed by atoms with Crippen molar-refractivity contribution in [3.8, 4) is 0 Å². The van der Waals surface area contributed by atoms with Crippen LogP contribution >= 0.6 is 15.9 Å². The van der Waals surface area contributed by atoms with Crippen LogP contribution in [0.15, 0.2) is 71.3 Å². The van der Waals surface area contributed by atoms with Crippen molar-refractivity contribution in [3.05, 3.63) is 88.0 Å².